The molecule has 2 aromatic rings. The molecule has 0 amide bonds. The fourth-order valence-electron chi connectivity index (χ4n) is 2.24. The summed E-state index contributed by atoms with van der Waals surface area (Å²) in [6, 6.07) is 9.11. The van der Waals surface area contributed by atoms with E-state index in [0.717, 1.165) is 24.6 Å². The van der Waals surface area contributed by atoms with Crippen LogP contribution in [0.1, 0.15) is 30.2 Å². The third-order valence-electron chi connectivity index (χ3n) is 3.58. The van der Waals surface area contributed by atoms with Crippen LogP contribution >= 0.6 is 11.3 Å². The lowest BCUT2D eigenvalue weighted by Gasteiger charge is -2.15. The molecule has 1 atom stereocenters. The molecule has 1 aromatic carbocycles. The van der Waals surface area contributed by atoms with Crippen molar-refractivity contribution >= 4 is 17.3 Å². The summed E-state index contributed by atoms with van der Waals surface area (Å²) in [5.74, 6) is 1.02. The Morgan fingerprint density at radius 2 is 2.17 bits per heavy atom. The van der Waals surface area contributed by atoms with Crippen molar-refractivity contribution in [3.05, 3.63) is 52.0 Å². The number of methoxy groups -OCH3 is 1. The number of halogens is 1. The van der Waals surface area contributed by atoms with Crippen LogP contribution in [0.4, 0.5) is 4.39 Å². The van der Waals surface area contributed by atoms with Crippen molar-refractivity contribution in [2.75, 3.05) is 20.2 Å². The minimum absolute atomic E-state index is 0.248. The number of guanidine groups is 1. The van der Waals surface area contributed by atoms with Crippen molar-refractivity contribution in [2.24, 2.45) is 4.99 Å². The maximum Gasteiger partial charge on any atom is 0.191 e. The van der Waals surface area contributed by atoms with Crippen molar-refractivity contribution < 1.29 is 9.13 Å². The highest BCUT2D eigenvalue weighted by Gasteiger charge is 2.08. The Kier molecular flexibility index (Phi) is 7.06. The zero-order valence-corrected chi connectivity index (χ0v) is 15.1. The molecule has 4 nitrogen and oxygen atoms in total. The number of thiophene rings is 1. The van der Waals surface area contributed by atoms with Crippen LogP contribution in [0.25, 0.3) is 0 Å². The van der Waals surface area contributed by atoms with Crippen LogP contribution in [0, 0.1) is 5.82 Å². The summed E-state index contributed by atoms with van der Waals surface area (Å²) in [5.41, 5.74) is 0.803. The van der Waals surface area contributed by atoms with E-state index >= 15 is 0 Å². The van der Waals surface area contributed by atoms with Gasteiger partial charge in [-0.25, -0.2) is 9.38 Å². The Labute approximate surface area is 146 Å². The van der Waals surface area contributed by atoms with Crippen LogP contribution in [0.3, 0.4) is 0 Å². The predicted molar refractivity (Wildman–Crippen MR) is 98.5 cm³/mol. The third kappa shape index (κ3) is 5.23. The molecule has 0 bridgehead atoms. The van der Waals surface area contributed by atoms with Gasteiger partial charge in [0.2, 0.25) is 0 Å². The largest absolute Gasteiger partial charge is 0.494 e. The van der Waals surface area contributed by atoms with Gasteiger partial charge in [0.05, 0.1) is 13.7 Å². The summed E-state index contributed by atoms with van der Waals surface area (Å²) in [5, 5.41) is 8.64. The van der Waals surface area contributed by atoms with E-state index in [1.165, 1.54) is 18.1 Å². The zero-order valence-electron chi connectivity index (χ0n) is 14.3. The average molecular weight is 349 g/mol. The number of aliphatic imine (C=N–C) groups is 1. The quantitative estimate of drug-likeness (QED) is 0.591. The first-order chi connectivity index (χ1) is 11.6. The van der Waals surface area contributed by atoms with Gasteiger partial charge in [0.25, 0.3) is 0 Å². The van der Waals surface area contributed by atoms with Crippen molar-refractivity contribution in [1.82, 2.24) is 10.6 Å². The van der Waals surface area contributed by atoms with Crippen LogP contribution in [0.2, 0.25) is 0 Å². The van der Waals surface area contributed by atoms with E-state index in [4.69, 9.17) is 4.74 Å². The van der Waals surface area contributed by atoms with Gasteiger partial charge in [-0.1, -0.05) is 19.1 Å². The van der Waals surface area contributed by atoms with Gasteiger partial charge in [0.1, 0.15) is 0 Å². The predicted octanol–water partition coefficient (Wildman–Crippen LogP) is 3.75. The highest BCUT2D eigenvalue weighted by Crippen LogP contribution is 2.20. The Hall–Kier alpha value is -2.08. The summed E-state index contributed by atoms with van der Waals surface area (Å²) in [7, 11) is 1.46. The summed E-state index contributed by atoms with van der Waals surface area (Å²) >= 11 is 1.76. The van der Waals surface area contributed by atoms with Gasteiger partial charge >= 0.3 is 0 Å². The van der Waals surface area contributed by atoms with E-state index in [0.29, 0.717) is 12.5 Å². The fourth-order valence-corrected chi connectivity index (χ4v) is 3.03. The van der Waals surface area contributed by atoms with Crippen LogP contribution in [-0.4, -0.2) is 26.2 Å². The molecule has 0 fully saturated rings. The molecule has 0 aliphatic heterocycles. The summed E-state index contributed by atoms with van der Waals surface area (Å²) < 4.78 is 18.7. The zero-order chi connectivity index (χ0) is 17.4. The second-order valence-electron chi connectivity index (χ2n) is 5.46. The molecule has 0 aliphatic carbocycles. The van der Waals surface area contributed by atoms with Crippen molar-refractivity contribution in [1.29, 1.82) is 0 Å². The fraction of sp³-hybridized carbons (Fsp3) is 0.389. The third-order valence-corrected chi connectivity index (χ3v) is 4.69. The van der Waals surface area contributed by atoms with E-state index < -0.39 is 0 Å². The SMILES string of the molecule is CCNC(=NCc1ccc(OC)c(F)c1)NCC(C)c1cccs1. The highest BCUT2D eigenvalue weighted by molar-refractivity contribution is 7.10. The van der Waals surface area contributed by atoms with E-state index in [1.807, 2.05) is 13.0 Å². The molecule has 0 spiro atoms. The minimum atomic E-state index is -0.366. The number of rotatable bonds is 7. The van der Waals surface area contributed by atoms with E-state index in [9.17, 15) is 4.39 Å². The maximum absolute atomic E-state index is 13.7. The van der Waals surface area contributed by atoms with Crippen molar-refractivity contribution in [3.8, 4) is 5.75 Å². The molecule has 0 radical (unpaired) electrons. The smallest absolute Gasteiger partial charge is 0.191 e. The molecule has 1 aromatic heterocycles. The van der Waals surface area contributed by atoms with Crippen molar-refractivity contribution in [3.63, 3.8) is 0 Å². The van der Waals surface area contributed by atoms with Gasteiger partial charge in [0.15, 0.2) is 17.5 Å². The van der Waals surface area contributed by atoms with Gasteiger partial charge in [-0.3, -0.25) is 0 Å². The van der Waals surface area contributed by atoms with E-state index in [-0.39, 0.29) is 11.6 Å². The number of benzene rings is 1. The monoisotopic (exact) mass is 349 g/mol. The molecule has 2 rings (SSSR count). The van der Waals surface area contributed by atoms with Gasteiger partial charge in [-0.15, -0.1) is 11.3 Å². The lowest BCUT2D eigenvalue weighted by atomic mass is 10.1. The van der Waals surface area contributed by atoms with E-state index in [2.05, 4.69) is 40.1 Å². The first-order valence-corrected chi connectivity index (χ1v) is 8.90. The minimum Gasteiger partial charge on any atom is -0.494 e. The molecular formula is C18H24FN3OS. The Morgan fingerprint density at radius 1 is 1.33 bits per heavy atom. The number of nitrogens with zero attached hydrogens (tertiary/aromatic N) is 1. The van der Waals surface area contributed by atoms with Crippen LogP contribution < -0.4 is 15.4 Å². The molecule has 6 heteroatoms. The Bertz CT molecular complexity index is 658. The van der Waals surface area contributed by atoms with Gasteiger partial charge in [-0.2, -0.15) is 0 Å². The Balaban J connectivity index is 1.96. The molecule has 0 saturated carbocycles. The second kappa shape index (κ2) is 9.27. The highest BCUT2D eigenvalue weighted by atomic mass is 32.1. The molecule has 0 saturated heterocycles. The lowest BCUT2D eigenvalue weighted by molar-refractivity contribution is 0.386. The first kappa shape index (κ1) is 18.3. The van der Waals surface area contributed by atoms with Crippen LogP contribution in [0.15, 0.2) is 40.7 Å². The normalized spacial score (nSPS) is 12.8. The van der Waals surface area contributed by atoms with Crippen LogP contribution in [0.5, 0.6) is 5.75 Å². The molecule has 0 aliphatic rings. The van der Waals surface area contributed by atoms with Gasteiger partial charge < -0.3 is 15.4 Å². The standard InChI is InChI=1S/C18H24FN3OS/c1-4-20-18(21-11-13(2)17-6-5-9-24-17)22-12-14-7-8-16(23-3)15(19)10-14/h5-10,13H,4,11-12H2,1-3H3,(H2,20,21,22). The second-order valence-corrected chi connectivity index (χ2v) is 6.44. The average Bonchev–Trinajstić information content (AvgIpc) is 3.12. The molecule has 24 heavy (non-hydrogen) atoms. The number of nitrogens with one attached hydrogen (secondary N) is 2. The number of hydrogen-bond acceptors (Lipinski definition) is 3. The van der Waals surface area contributed by atoms with E-state index in [1.54, 1.807) is 17.4 Å². The van der Waals surface area contributed by atoms with Gasteiger partial charge in [-0.05, 0) is 36.1 Å². The lowest BCUT2D eigenvalue weighted by Crippen LogP contribution is -2.39. The number of hydrogen-bond donors (Lipinski definition) is 2. The number of ether oxygens (including phenoxy) is 1. The first-order valence-electron chi connectivity index (χ1n) is 8.02. The molecule has 1 unspecified atom stereocenters. The molecular weight excluding hydrogens is 325 g/mol. The van der Waals surface area contributed by atoms with Crippen LogP contribution in [-0.2, 0) is 6.54 Å². The molecule has 1 heterocycles. The summed E-state index contributed by atoms with van der Waals surface area (Å²) in [4.78, 5) is 5.87. The molecule has 2 N–H and O–H groups in total. The topological polar surface area (TPSA) is 45.7 Å². The summed E-state index contributed by atoms with van der Waals surface area (Å²) in [6.45, 7) is 6.18. The summed E-state index contributed by atoms with van der Waals surface area (Å²) in [6.07, 6.45) is 0. The van der Waals surface area contributed by atoms with Gasteiger partial charge in [0, 0.05) is 23.9 Å². The maximum atomic E-state index is 13.7. The van der Waals surface area contributed by atoms with Crippen molar-refractivity contribution in [2.45, 2.75) is 26.3 Å². The molecule has 130 valence electrons. The Morgan fingerprint density at radius 3 is 2.79 bits per heavy atom.